The monoisotopic (exact) mass is 335 g/mol. The fourth-order valence-corrected chi connectivity index (χ4v) is 3.43. The number of hydrogen-bond donors (Lipinski definition) is 0. The molecule has 1 aliphatic heterocycles. The quantitative estimate of drug-likeness (QED) is 0.720. The van der Waals surface area contributed by atoms with Gasteiger partial charge in [-0.25, -0.2) is 9.97 Å². The lowest BCUT2D eigenvalue weighted by Crippen LogP contribution is -2.36. The normalized spacial score (nSPS) is 15.8. The molecule has 0 saturated heterocycles. The van der Waals surface area contributed by atoms with Gasteiger partial charge in [-0.15, -0.1) is 0 Å². The molecule has 5 nitrogen and oxygen atoms in total. The standard InChI is InChI=1S/C20H21N3O2/c1-20(2)10-9-17-21-16-11-13(15-5-4-6-18(22-15)25-3)7-8-14(16)19(24)23(17)12-20/h4-8,11H,9-10,12H2,1-3H3. The van der Waals surface area contributed by atoms with Gasteiger partial charge in [-0.2, -0.15) is 0 Å². The van der Waals surface area contributed by atoms with Crippen LogP contribution < -0.4 is 10.3 Å². The van der Waals surface area contributed by atoms with Crippen molar-refractivity contribution < 1.29 is 4.74 Å². The van der Waals surface area contributed by atoms with E-state index in [0.29, 0.717) is 11.3 Å². The predicted octanol–water partition coefficient (Wildman–Crippen LogP) is 3.44. The van der Waals surface area contributed by atoms with E-state index >= 15 is 0 Å². The zero-order chi connectivity index (χ0) is 17.6. The smallest absolute Gasteiger partial charge is 0.261 e. The predicted molar refractivity (Wildman–Crippen MR) is 97.9 cm³/mol. The number of hydrogen-bond acceptors (Lipinski definition) is 4. The van der Waals surface area contributed by atoms with E-state index in [1.165, 1.54) is 0 Å². The third-order valence-electron chi connectivity index (χ3n) is 4.87. The summed E-state index contributed by atoms with van der Waals surface area (Å²) in [5.41, 5.74) is 2.66. The van der Waals surface area contributed by atoms with E-state index < -0.39 is 0 Å². The fourth-order valence-electron chi connectivity index (χ4n) is 3.43. The van der Waals surface area contributed by atoms with Crippen LogP contribution in [0.5, 0.6) is 5.88 Å². The summed E-state index contributed by atoms with van der Waals surface area (Å²) in [7, 11) is 1.60. The highest BCUT2D eigenvalue weighted by Crippen LogP contribution is 2.30. The molecule has 128 valence electrons. The van der Waals surface area contributed by atoms with Crippen molar-refractivity contribution in [1.82, 2.24) is 14.5 Å². The van der Waals surface area contributed by atoms with Gasteiger partial charge in [0.05, 0.1) is 23.7 Å². The van der Waals surface area contributed by atoms with Gasteiger partial charge in [0.1, 0.15) is 5.82 Å². The Morgan fingerprint density at radius 3 is 2.80 bits per heavy atom. The van der Waals surface area contributed by atoms with Gasteiger partial charge in [-0.3, -0.25) is 9.36 Å². The minimum atomic E-state index is 0.0536. The Morgan fingerprint density at radius 1 is 1.16 bits per heavy atom. The van der Waals surface area contributed by atoms with Gasteiger partial charge in [0.25, 0.3) is 5.56 Å². The van der Waals surface area contributed by atoms with Crippen LogP contribution in [0.1, 0.15) is 26.1 Å². The highest BCUT2D eigenvalue weighted by molar-refractivity contribution is 5.83. The molecule has 2 aromatic heterocycles. The van der Waals surface area contributed by atoms with Crippen molar-refractivity contribution in [3.05, 3.63) is 52.6 Å². The molecule has 4 rings (SSSR count). The molecule has 1 aliphatic rings. The van der Waals surface area contributed by atoms with E-state index in [1.807, 2.05) is 41.0 Å². The maximum atomic E-state index is 12.9. The van der Waals surface area contributed by atoms with E-state index in [2.05, 4.69) is 18.8 Å². The molecule has 0 saturated carbocycles. The van der Waals surface area contributed by atoms with Crippen molar-refractivity contribution >= 4 is 10.9 Å². The van der Waals surface area contributed by atoms with E-state index in [-0.39, 0.29) is 11.0 Å². The first-order valence-corrected chi connectivity index (χ1v) is 8.52. The molecular weight excluding hydrogens is 314 g/mol. The number of methoxy groups -OCH3 is 1. The Hall–Kier alpha value is -2.69. The van der Waals surface area contributed by atoms with Gasteiger partial charge >= 0.3 is 0 Å². The second-order valence-corrected chi connectivity index (χ2v) is 7.38. The number of benzene rings is 1. The summed E-state index contributed by atoms with van der Waals surface area (Å²) in [6, 6.07) is 11.4. The van der Waals surface area contributed by atoms with Crippen molar-refractivity contribution in [2.45, 2.75) is 33.2 Å². The second-order valence-electron chi connectivity index (χ2n) is 7.38. The molecule has 0 atom stereocenters. The molecule has 0 N–H and O–H groups in total. The highest BCUT2D eigenvalue weighted by Gasteiger charge is 2.27. The Kier molecular flexibility index (Phi) is 3.60. The summed E-state index contributed by atoms with van der Waals surface area (Å²) in [6.07, 6.45) is 1.88. The summed E-state index contributed by atoms with van der Waals surface area (Å²) in [6.45, 7) is 5.12. The zero-order valence-corrected chi connectivity index (χ0v) is 14.7. The van der Waals surface area contributed by atoms with Crippen molar-refractivity contribution in [3.8, 4) is 17.1 Å². The van der Waals surface area contributed by atoms with Crippen molar-refractivity contribution in [2.24, 2.45) is 5.41 Å². The lowest BCUT2D eigenvalue weighted by Gasteiger charge is -2.31. The Balaban J connectivity index is 1.86. The zero-order valence-electron chi connectivity index (χ0n) is 14.7. The van der Waals surface area contributed by atoms with Gasteiger partial charge in [-0.05, 0) is 30.0 Å². The molecule has 0 fully saturated rings. The molecule has 0 spiro atoms. The number of ether oxygens (including phenoxy) is 1. The Morgan fingerprint density at radius 2 is 2.00 bits per heavy atom. The Bertz CT molecular complexity index is 1020. The van der Waals surface area contributed by atoms with E-state index in [9.17, 15) is 4.79 Å². The Labute approximate surface area is 146 Å². The van der Waals surface area contributed by atoms with E-state index in [1.54, 1.807) is 7.11 Å². The molecule has 5 heteroatoms. The van der Waals surface area contributed by atoms with Crippen LogP contribution >= 0.6 is 0 Å². The van der Waals surface area contributed by atoms with Crippen molar-refractivity contribution in [2.75, 3.05) is 7.11 Å². The van der Waals surface area contributed by atoms with E-state index in [4.69, 9.17) is 9.72 Å². The highest BCUT2D eigenvalue weighted by atomic mass is 16.5. The molecule has 1 aromatic carbocycles. The van der Waals surface area contributed by atoms with Gasteiger partial charge in [0.2, 0.25) is 5.88 Å². The summed E-state index contributed by atoms with van der Waals surface area (Å²) in [5.74, 6) is 1.45. The van der Waals surface area contributed by atoms with Crippen LogP contribution in [0.4, 0.5) is 0 Å². The largest absolute Gasteiger partial charge is 0.481 e. The second kappa shape index (κ2) is 5.69. The van der Waals surface area contributed by atoms with Gasteiger partial charge in [-0.1, -0.05) is 26.0 Å². The van der Waals surface area contributed by atoms with Crippen LogP contribution in [-0.4, -0.2) is 21.6 Å². The number of pyridine rings is 1. The SMILES string of the molecule is COc1cccc(-c2ccc3c(=O)n4c(nc3c2)CCC(C)(C)C4)n1. The molecule has 0 amide bonds. The average molecular weight is 335 g/mol. The first kappa shape index (κ1) is 15.8. The van der Waals surface area contributed by atoms with Crippen LogP contribution in [0.15, 0.2) is 41.2 Å². The van der Waals surface area contributed by atoms with Crippen LogP contribution in [-0.2, 0) is 13.0 Å². The first-order chi connectivity index (χ1) is 12.0. The first-order valence-electron chi connectivity index (χ1n) is 8.52. The number of aryl methyl sites for hydroxylation is 1. The summed E-state index contributed by atoms with van der Waals surface area (Å²) >= 11 is 0. The van der Waals surface area contributed by atoms with Crippen molar-refractivity contribution in [1.29, 1.82) is 0 Å². The molecular formula is C20H21N3O2. The summed E-state index contributed by atoms with van der Waals surface area (Å²) in [5, 5.41) is 0.660. The van der Waals surface area contributed by atoms with Gasteiger partial charge < -0.3 is 4.74 Å². The lowest BCUT2D eigenvalue weighted by molar-refractivity contribution is 0.240. The number of fused-ring (bicyclic) bond motifs is 2. The van der Waals surface area contributed by atoms with Crippen LogP contribution in [0, 0.1) is 5.41 Å². The third-order valence-corrected chi connectivity index (χ3v) is 4.87. The molecule has 25 heavy (non-hydrogen) atoms. The maximum Gasteiger partial charge on any atom is 0.261 e. The number of rotatable bonds is 2. The van der Waals surface area contributed by atoms with Gasteiger partial charge in [0, 0.05) is 24.6 Å². The number of nitrogens with zero attached hydrogens (tertiary/aromatic N) is 3. The third kappa shape index (κ3) is 2.80. The molecule has 0 unspecified atom stereocenters. The van der Waals surface area contributed by atoms with Crippen LogP contribution in [0.25, 0.3) is 22.2 Å². The topological polar surface area (TPSA) is 57.0 Å². The minimum absolute atomic E-state index is 0.0536. The molecule has 3 heterocycles. The van der Waals surface area contributed by atoms with Crippen molar-refractivity contribution in [3.63, 3.8) is 0 Å². The van der Waals surface area contributed by atoms with Gasteiger partial charge in [0.15, 0.2) is 0 Å². The number of aromatic nitrogens is 3. The lowest BCUT2D eigenvalue weighted by atomic mass is 9.85. The molecule has 0 bridgehead atoms. The average Bonchev–Trinajstić information content (AvgIpc) is 2.62. The minimum Gasteiger partial charge on any atom is -0.481 e. The fraction of sp³-hybridized carbons (Fsp3) is 0.350. The van der Waals surface area contributed by atoms with Crippen LogP contribution in [0.3, 0.4) is 0 Å². The summed E-state index contributed by atoms with van der Waals surface area (Å²) < 4.78 is 7.04. The van der Waals surface area contributed by atoms with Crippen LogP contribution in [0.2, 0.25) is 0 Å². The summed E-state index contributed by atoms with van der Waals surface area (Å²) in [4.78, 5) is 22.1. The van der Waals surface area contributed by atoms with E-state index in [0.717, 1.165) is 42.0 Å². The molecule has 0 aliphatic carbocycles. The molecule has 0 radical (unpaired) electrons. The molecule has 3 aromatic rings. The maximum absolute atomic E-state index is 12.9.